The number of aliphatic hydroxyl groups is 1. The normalized spacial score (nSPS) is 15.1. The van der Waals surface area contributed by atoms with Crippen molar-refractivity contribution in [2.45, 2.75) is 37.5 Å². The molecule has 0 bridgehead atoms. The van der Waals surface area contributed by atoms with Gasteiger partial charge in [0.05, 0.1) is 11.5 Å². The molecule has 21 heavy (non-hydrogen) atoms. The van der Waals surface area contributed by atoms with Crippen LogP contribution < -0.4 is 4.72 Å². The first-order valence-electron chi connectivity index (χ1n) is 7.23. The average molecular weight is 307 g/mol. The number of aliphatic hydroxyl groups excluding tert-OH is 1. The Labute approximate surface area is 126 Å². The predicted molar refractivity (Wildman–Crippen MR) is 82.3 cm³/mol. The topological polar surface area (TPSA) is 66.4 Å². The minimum atomic E-state index is -3.43. The SMILES string of the molecule is Cc1cc(S(=O)(=O)NCC2CCC2)ccc1C#CCCO. The van der Waals surface area contributed by atoms with E-state index < -0.39 is 10.0 Å². The Hall–Kier alpha value is -1.35. The lowest BCUT2D eigenvalue weighted by Crippen LogP contribution is -2.32. The van der Waals surface area contributed by atoms with Crippen molar-refractivity contribution in [3.63, 3.8) is 0 Å². The lowest BCUT2D eigenvalue weighted by Gasteiger charge is -2.25. The monoisotopic (exact) mass is 307 g/mol. The number of aryl methyl sites for hydroxylation is 1. The first-order valence-corrected chi connectivity index (χ1v) is 8.71. The second-order valence-electron chi connectivity index (χ2n) is 5.40. The molecular weight excluding hydrogens is 286 g/mol. The maximum Gasteiger partial charge on any atom is 0.240 e. The zero-order valence-corrected chi connectivity index (χ0v) is 13.0. The van der Waals surface area contributed by atoms with Crippen LogP contribution in [0.3, 0.4) is 0 Å². The number of hydrogen-bond acceptors (Lipinski definition) is 3. The van der Waals surface area contributed by atoms with Gasteiger partial charge in [-0.25, -0.2) is 13.1 Å². The van der Waals surface area contributed by atoms with Gasteiger partial charge in [-0.15, -0.1) is 0 Å². The highest BCUT2D eigenvalue weighted by Gasteiger charge is 2.21. The highest BCUT2D eigenvalue weighted by molar-refractivity contribution is 7.89. The minimum absolute atomic E-state index is 0.0313. The fourth-order valence-corrected chi connectivity index (χ4v) is 3.37. The number of nitrogens with one attached hydrogen (secondary N) is 1. The summed E-state index contributed by atoms with van der Waals surface area (Å²) in [6, 6.07) is 4.95. The van der Waals surface area contributed by atoms with Crippen molar-refractivity contribution in [1.29, 1.82) is 0 Å². The van der Waals surface area contributed by atoms with Crippen LogP contribution >= 0.6 is 0 Å². The van der Waals surface area contributed by atoms with Crippen LogP contribution in [0.5, 0.6) is 0 Å². The quantitative estimate of drug-likeness (QED) is 0.815. The van der Waals surface area contributed by atoms with Gasteiger partial charge >= 0.3 is 0 Å². The molecule has 1 aromatic carbocycles. The Balaban J connectivity index is 2.09. The lowest BCUT2D eigenvalue weighted by atomic mass is 9.86. The third-order valence-electron chi connectivity index (χ3n) is 3.75. The van der Waals surface area contributed by atoms with Crippen molar-refractivity contribution in [2.75, 3.05) is 13.2 Å². The number of hydrogen-bond donors (Lipinski definition) is 2. The van der Waals surface area contributed by atoms with Crippen molar-refractivity contribution < 1.29 is 13.5 Å². The van der Waals surface area contributed by atoms with E-state index in [1.807, 2.05) is 6.92 Å². The van der Waals surface area contributed by atoms with Gasteiger partial charge in [0.25, 0.3) is 0 Å². The van der Waals surface area contributed by atoms with E-state index in [9.17, 15) is 8.42 Å². The van der Waals surface area contributed by atoms with Gasteiger partial charge in [0.1, 0.15) is 0 Å². The summed E-state index contributed by atoms with van der Waals surface area (Å²) in [6.45, 7) is 2.40. The van der Waals surface area contributed by atoms with Gasteiger partial charge in [-0.1, -0.05) is 18.3 Å². The highest BCUT2D eigenvalue weighted by Crippen LogP contribution is 2.26. The third-order valence-corrected chi connectivity index (χ3v) is 5.18. The summed E-state index contributed by atoms with van der Waals surface area (Å²) in [6.07, 6.45) is 3.84. The Morgan fingerprint density at radius 1 is 1.38 bits per heavy atom. The van der Waals surface area contributed by atoms with E-state index in [-0.39, 0.29) is 11.5 Å². The second-order valence-corrected chi connectivity index (χ2v) is 7.17. The first-order chi connectivity index (χ1) is 10.0. The van der Waals surface area contributed by atoms with Crippen LogP contribution in [-0.2, 0) is 10.0 Å². The standard InChI is InChI=1S/C16H21NO3S/c1-13-11-16(9-8-15(13)7-2-3-10-18)21(19,20)17-12-14-5-4-6-14/h8-9,11,14,17-18H,3-6,10,12H2,1H3. The Morgan fingerprint density at radius 2 is 2.14 bits per heavy atom. The molecule has 0 aliphatic heterocycles. The molecule has 5 heteroatoms. The smallest absolute Gasteiger partial charge is 0.240 e. The van der Waals surface area contributed by atoms with E-state index in [0.29, 0.717) is 18.9 Å². The third kappa shape index (κ3) is 4.31. The lowest BCUT2D eigenvalue weighted by molar-refractivity contribution is 0.305. The Kier molecular flexibility index (Phi) is 5.40. The Morgan fingerprint density at radius 3 is 2.71 bits per heavy atom. The van der Waals surface area contributed by atoms with E-state index in [4.69, 9.17) is 5.11 Å². The molecule has 0 radical (unpaired) electrons. The largest absolute Gasteiger partial charge is 0.395 e. The zero-order chi connectivity index (χ0) is 15.3. The van der Waals surface area contributed by atoms with Crippen molar-refractivity contribution in [2.24, 2.45) is 5.92 Å². The molecule has 2 rings (SSSR count). The molecule has 0 aromatic heterocycles. The molecule has 114 valence electrons. The molecule has 0 spiro atoms. The molecule has 0 atom stereocenters. The van der Waals surface area contributed by atoms with Crippen LogP contribution in [0.4, 0.5) is 0 Å². The van der Waals surface area contributed by atoms with E-state index in [1.165, 1.54) is 6.42 Å². The molecule has 1 aliphatic rings. The summed E-state index contributed by atoms with van der Waals surface area (Å²) in [5, 5.41) is 8.70. The summed E-state index contributed by atoms with van der Waals surface area (Å²) in [7, 11) is -3.43. The maximum atomic E-state index is 12.2. The summed E-state index contributed by atoms with van der Waals surface area (Å²) in [4.78, 5) is 0.284. The van der Waals surface area contributed by atoms with Crippen LogP contribution in [0.15, 0.2) is 23.1 Å². The molecule has 0 saturated heterocycles. The molecule has 1 fully saturated rings. The fraction of sp³-hybridized carbons (Fsp3) is 0.500. The van der Waals surface area contributed by atoms with E-state index in [2.05, 4.69) is 16.6 Å². The van der Waals surface area contributed by atoms with Gasteiger partial charge in [-0.2, -0.15) is 0 Å². The van der Waals surface area contributed by atoms with Gasteiger partial charge in [-0.05, 0) is 49.4 Å². The summed E-state index contributed by atoms with van der Waals surface area (Å²) in [5.41, 5.74) is 1.62. The second kappa shape index (κ2) is 7.08. The molecular formula is C16H21NO3S. The molecule has 0 unspecified atom stereocenters. The van der Waals surface area contributed by atoms with E-state index in [0.717, 1.165) is 24.0 Å². The number of benzene rings is 1. The van der Waals surface area contributed by atoms with E-state index >= 15 is 0 Å². The molecule has 0 heterocycles. The predicted octanol–water partition coefficient (Wildman–Crippen LogP) is 1.81. The molecule has 4 nitrogen and oxygen atoms in total. The summed E-state index contributed by atoms with van der Waals surface area (Å²) >= 11 is 0. The number of sulfonamides is 1. The van der Waals surface area contributed by atoms with Gasteiger partial charge < -0.3 is 5.11 Å². The van der Waals surface area contributed by atoms with Gasteiger partial charge in [0.2, 0.25) is 10.0 Å². The minimum Gasteiger partial charge on any atom is -0.395 e. The van der Waals surface area contributed by atoms with Crippen molar-refractivity contribution in [1.82, 2.24) is 4.72 Å². The summed E-state index contributed by atoms with van der Waals surface area (Å²) in [5.74, 6) is 6.27. The van der Waals surface area contributed by atoms with Crippen molar-refractivity contribution in [3.05, 3.63) is 29.3 Å². The molecule has 1 aromatic rings. The maximum absolute atomic E-state index is 12.2. The Bertz CT molecular complexity index is 652. The zero-order valence-electron chi connectivity index (χ0n) is 12.2. The first kappa shape index (κ1) is 16.0. The number of rotatable bonds is 5. The van der Waals surface area contributed by atoms with Gasteiger partial charge in [-0.3, -0.25) is 0 Å². The van der Waals surface area contributed by atoms with Crippen molar-refractivity contribution in [3.8, 4) is 11.8 Å². The molecule has 1 aliphatic carbocycles. The van der Waals surface area contributed by atoms with Crippen LogP contribution in [-0.4, -0.2) is 26.7 Å². The van der Waals surface area contributed by atoms with Crippen LogP contribution in [0.2, 0.25) is 0 Å². The van der Waals surface area contributed by atoms with Gasteiger partial charge in [0, 0.05) is 18.5 Å². The van der Waals surface area contributed by atoms with E-state index in [1.54, 1.807) is 18.2 Å². The van der Waals surface area contributed by atoms with Crippen LogP contribution in [0, 0.1) is 24.7 Å². The molecule has 0 amide bonds. The molecule has 2 N–H and O–H groups in total. The average Bonchev–Trinajstić information content (AvgIpc) is 2.38. The van der Waals surface area contributed by atoms with Crippen LogP contribution in [0.25, 0.3) is 0 Å². The summed E-state index contributed by atoms with van der Waals surface area (Å²) < 4.78 is 27.1. The fourth-order valence-electron chi connectivity index (χ4n) is 2.17. The van der Waals surface area contributed by atoms with Crippen LogP contribution in [0.1, 0.15) is 36.8 Å². The van der Waals surface area contributed by atoms with Crippen molar-refractivity contribution >= 4 is 10.0 Å². The molecule has 1 saturated carbocycles. The van der Waals surface area contributed by atoms with Gasteiger partial charge in [0.15, 0.2) is 0 Å². The highest BCUT2D eigenvalue weighted by atomic mass is 32.2.